The highest BCUT2D eigenvalue weighted by Crippen LogP contribution is 2.42. The Morgan fingerprint density at radius 3 is 2.69 bits per heavy atom. The molecular weight excluding hydrogens is 376 g/mol. The second-order valence-electron chi connectivity index (χ2n) is 6.57. The van der Waals surface area contributed by atoms with Gasteiger partial charge in [-0.1, -0.05) is 23.9 Å². The minimum atomic E-state index is -3.12. The first-order chi connectivity index (χ1) is 12.2. The molecule has 1 N–H and O–H groups in total. The van der Waals surface area contributed by atoms with Crippen LogP contribution in [0, 0.1) is 13.8 Å². The second-order valence-corrected chi connectivity index (χ2v) is 9.93. The van der Waals surface area contributed by atoms with Crippen molar-refractivity contribution in [2.75, 3.05) is 16.4 Å². The average molecular weight is 396 g/mol. The zero-order valence-electron chi connectivity index (χ0n) is 14.5. The summed E-state index contributed by atoms with van der Waals surface area (Å²) in [5.41, 5.74) is 2.91. The van der Waals surface area contributed by atoms with Crippen molar-refractivity contribution < 1.29 is 23.1 Å². The van der Waals surface area contributed by atoms with Gasteiger partial charge in [-0.25, -0.2) is 8.42 Å². The van der Waals surface area contributed by atoms with Crippen LogP contribution in [-0.2, 0) is 19.4 Å². The molecule has 0 bridgehead atoms. The molecule has 26 heavy (non-hydrogen) atoms. The molecule has 0 saturated carbocycles. The summed E-state index contributed by atoms with van der Waals surface area (Å²) in [4.78, 5) is 28.7. The van der Waals surface area contributed by atoms with Crippen molar-refractivity contribution in [2.45, 2.75) is 38.0 Å². The Morgan fingerprint density at radius 2 is 2.00 bits per heavy atom. The highest BCUT2D eigenvalue weighted by atomic mass is 32.2. The Balaban J connectivity index is 1.97. The van der Waals surface area contributed by atoms with Crippen LogP contribution in [-0.4, -0.2) is 53.4 Å². The lowest BCUT2D eigenvalue weighted by Gasteiger charge is -2.26. The number of carbonyl (C=O) groups excluding carboxylic acids is 1. The highest BCUT2D eigenvalue weighted by Gasteiger charge is 2.49. The van der Waals surface area contributed by atoms with Gasteiger partial charge in [0.05, 0.1) is 24.0 Å². The lowest BCUT2D eigenvalue weighted by Crippen LogP contribution is -2.38. The van der Waals surface area contributed by atoms with E-state index in [2.05, 4.69) is 4.99 Å². The van der Waals surface area contributed by atoms with E-state index in [4.69, 9.17) is 5.11 Å². The molecule has 1 aromatic rings. The summed E-state index contributed by atoms with van der Waals surface area (Å²) in [5, 5.41) is 9.01. The molecule has 0 unspecified atom stereocenters. The van der Waals surface area contributed by atoms with Crippen LogP contribution in [0.1, 0.15) is 24.0 Å². The van der Waals surface area contributed by atoms with E-state index in [1.54, 1.807) is 0 Å². The van der Waals surface area contributed by atoms with Gasteiger partial charge in [0.1, 0.15) is 0 Å². The number of aliphatic carboxylic acids is 1. The van der Waals surface area contributed by atoms with Crippen molar-refractivity contribution in [1.82, 2.24) is 0 Å². The summed E-state index contributed by atoms with van der Waals surface area (Å²) < 4.78 is 24.1. The first-order valence-electron chi connectivity index (χ1n) is 8.24. The zero-order chi connectivity index (χ0) is 19.1. The fourth-order valence-electron chi connectivity index (χ4n) is 3.22. The van der Waals surface area contributed by atoms with Crippen LogP contribution in [0.4, 0.5) is 5.69 Å². The van der Waals surface area contributed by atoms with E-state index in [1.807, 2.05) is 36.9 Å². The van der Waals surface area contributed by atoms with Gasteiger partial charge in [0.25, 0.3) is 0 Å². The Kier molecular flexibility index (Phi) is 5.12. The van der Waals surface area contributed by atoms with E-state index in [-0.39, 0.29) is 35.6 Å². The molecule has 2 atom stereocenters. The van der Waals surface area contributed by atoms with Crippen LogP contribution in [0.15, 0.2) is 23.2 Å². The molecule has 2 saturated heterocycles. The average Bonchev–Trinajstić information content (AvgIpc) is 2.99. The van der Waals surface area contributed by atoms with Gasteiger partial charge in [0, 0.05) is 17.4 Å². The number of aliphatic imine (C=N–C) groups is 1. The summed E-state index contributed by atoms with van der Waals surface area (Å²) in [5.74, 6) is -1.47. The smallest absolute Gasteiger partial charge is 0.303 e. The number of amidine groups is 1. The van der Waals surface area contributed by atoms with Gasteiger partial charge in [-0.2, -0.15) is 4.99 Å². The molecule has 140 valence electrons. The standard InChI is InChI=1S/C17H20N2O5S2/c1-10-4-3-5-12(11(10)2)19-13-8-26(23,24)9-14(13)25-17(19)18-15(20)6-7-16(21)22/h3-5,13-14H,6-9H2,1-2H3,(H,21,22)/t13-,14-/m0/s1. The third-order valence-electron chi connectivity index (χ3n) is 4.68. The number of amides is 1. The second kappa shape index (κ2) is 7.03. The number of carboxylic acid groups (broad SMARTS) is 1. The Morgan fingerprint density at radius 1 is 1.27 bits per heavy atom. The van der Waals surface area contributed by atoms with Gasteiger partial charge in [0.15, 0.2) is 15.0 Å². The molecule has 2 fully saturated rings. The number of rotatable bonds is 4. The molecule has 1 amide bonds. The number of aryl methyl sites for hydroxylation is 1. The Labute approximate surface area is 156 Å². The predicted octanol–water partition coefficient (Wildman–Crippen LogP) is 1.77. The van der Waals surface area contributed by atoms with Gasteiger partial charge in [-0.15, -0.1) is 0 Å². The molecule has 2 aliphatic rings. The molecular formula is C17H20N2O5S2. The van der Waals surface area contributed by atoms with Crippen LogP contribution in [0.25, 0.3) is 0 Å². The van der Waals surface area contributed by atoms with Gasteiger partial charge < -0.3 is 10.0 Å². The molecule has 7 nitrogen and oxygen atoms in total. The summed E-state index contributed by atoms with van der Waals surface area (Å²) in [6.45, 7) is 3.93. The topological polar surface area (TPSA) is 104 Å². The molecule has 0 spiro atoms. The van der Waals surface area contributed by atoms with Crippen molar-refractivity contribution in [1.29, 1.82) is 0 Å². The lowest BCUT2D eigenvalue weighted by molar-refractivity contribution is -0.138. The van der Waals surface area contributed by atoms with Gasteiger partial charge in [0.2, 0.25) is 5.91 Å². The summed E-state index contributed by atoms with van der Waals surface area (Å²) in [7, 11) is -3.12. The fraction of sp³-hybridized carbons (Fsp3) is 0.471. The van der Waals surface area contributed by atoms with E-state index in [9.17, 15) is 18.0 Å². The predicted molar refractivity (Wildman–Crippen MR) is 102 cm³/mol. The largest absolute Gasteiger partial charge is 0.481 e. The third kappa shape index (κ3) is 3.78. The van der Waals surface area contributed by atoms with Crippen LogP contribution < -0.4 is 4.90 Å². The molecule has 9 heteroatoms. The van der Waals surface area contributed by atoms with Gasteiger partial charge in [-0.3, -0.25) is 9.59 Å². The maximum absolute atomic E-state index is 12.1. The molecule has 0 aliphatic carbocycles. The molecule has 1 aromatic carbocycles. The van der Waals surface area contributed by atoms with E-state index >= 15 is 0 Å². The quantitative estimate of drug-likeness (QED) is 0.827. The maximum atomic E-state index is 12.1. The van der Waals surface area contributed by atoms with Gasteiger partial charge in [-0.05, 0) is 31.0 Å². The summed E-state index contributed by atoms with van der Waals surface area (Å²) in [6.07, 6.45) is -0.446. The maximum Gasteiger partial charge on any atom is 0.303 e. The number of benzene rings is 1. The Bertz CT molecular complexity index is 894. The number of carbonyl (C=O) groups is 2. The number of nitrogens with zero attached hydrogens (tertiary/aromatic N) is 2. The van der Waals surface area contributed by atoms with Gasteiger partial charge >= 0.3 is 5.97 Å². The first kappa shape index (κ1) is 18.9. The molecule has 2 heterocycles. The fourth-order valence-corrected chi connectivity index (χ4v) is 7.14. The van der Waals surface area contributed by atoms with E-state index < -0.39 is 21.7 Å². The first-order valence-corrected chi connectivity index (χ1v) is 10.9. The van der Waals surface area contributed by atoms with Crippen LogP contribution in [0.3, 0.4) is 0 Å². The van der Waals surface area contributed by atoms with Crippen molar-refractivity contribution in [3.8, 4) is 0 Å². The van der Waals surface area contributed by atoms with Crippen molar-refractivity contribution >= 4 is 44.3 Å². The third-order valence-corrected chi connectivity index (χ3v) is 7.88. The van der Waals surface area contributed by atoms with Crippen LogP contribution >= 0.6 is 11.8 Å². The van der Waals surface area contributed by atoms with Crippen molar-refractivity contribution in [3.63, 3.8) is 0 Å². The minimum Gasteiger partial charge on any atom is -0.481 e. The Hall–Kier alpha value is -1.87. The van der Waals surface area contributed by atoms with E-state index in [0.29, 0.717) is 5.17 Å². The monoisotopic (exact) mass is 396 g/mol. The molecule has 2 aliphatic heterocycles. The number of hydrogen-bond acceptors (Lipinski definition) is 5. The lowest BCUT2D eigenvalue weighted by atomic mass is 10.1. The molecule has 0 aromatic heterocycles. The van der Waals surface area contributed by atoms with Crippen molar-refractivity contribution in [3.05, 3.63) is 29.3 Å². The normalized spacial score (nSPS) is 25.5. The highest BCUT2D eigenvalue weighted by molar-refractivity contribution is 8.16. The molecule has 0 radical (unpaired) electrons. The number of thioether (sulfide) groups is 1. The molecule has 3 rings (SSSR count). The number of hydrogen-bond donors (Lipinski definition) is 1. The minimum absolute atomic E-state index is 0.0282. The van der Waals surface area contributed by atoms with E-state index in [0.717, 1.165) is 16.8 Å². The zero-order valence-corrected chi connectivity index (χ0v) is 16.1. The SMILES string of the molecule is Cc1cccc(N2C(=NC(=O)CCC(=O)O)S[C@H]3CS(=O)(=O)C[C@@H]32)c1C. The van der Waals surface area contributed by atoms with Crippen LogP contribution in [0.2, 0.25) is 0 Å². The number of carboxylic acids is 1. The number of fused-ring (bicyclic) bond motifs is 1. The van der Waals surface area contributed by atoms with Crippen LogP contribution in [0.5, 0.6) is 0 Å². The summed E-state index contributed by atoms with van der Waals surface area (Å²) >= 11 is 1.29. The van der Waals surface area contributed by atoms with E-state index in [1.165, 1.54) is 11.8 Å². The number of anilines is 1. The summed E-state index contributed by atoms with van der Waals surface area (Å²) in [6, 6.07) is 5.49. The van der Waals surface area contributed by atoms with Crippen molar-refractivity contribution in [2.24, 2.45) is 4.99 Å². The number of sulfone groups is 1.